The molecule has 1 N–H and O–H groups in total. The zero-order valence-electron chi connectivity index (χ0n) is 8.22. The topological polar surface area (TPSA) is 25.2 Å². The smallest absolute Gasteiger partial charge is 0.120 e. The molecular weight excluding hydrogens is 150 g/mol. The zero-order chi connectivity index (χ0) is 9.14. The molecule has 0 radical (unpaired) electrons. The summed E-state index contributed by atoms with van der Waals surface area (Å²) >= 11 is 0. The van der Waals surface area contributed by atoms with Crippen LogP contribution in [0.2, 0.25) is 0 Å². The van der Waals surface area contributed by atoms with Gasteiger partial charge >= 0.3 is 0 Å². The number of rotatable bonds is 3. The molecule has 1 aromatic heterocycles. The van der Waals surface area contributed by atoms with Crippen molar-refractivity contribution in [2.75, 3.05) is 0 Å². The lowest BCUT2D eigenvalue weighted by Crippen LogP contribution is -2.25. The number of hydrogen-bond donors (Lipinski definition) is 1. The molecule has 1 heterocycles. The Morgan fingerprint density at radius 1 is 1.25 bits per heavy atom. The molecule has 0 aliphatic carbocycles. The van der Waals surface area contributed by atoms with E-state index in [1.54, 1.807) is 0 Å². The van der Waals surface area contributed by atoms with Crippen molar-refractivity contribution in [3.05, 3.63) is 23.7 Å². The Balaban J connectivity index is 2.58. The number of hydrogen-bond acceptors (Lipinski definition) is 2. The van der Waals surface area contributed by atoms with Crippen LogP contribution in [0, 0.1) is 6.92 Å². The van der Waals surface area contributed by atoms with Gasteiger partial charge in [0.25, 0.3) is 0 Å². The Morgan fingerprint density at radius 3 is 2.33 bits per heavy atom. The first kappa shape index (κ1) is 9.33. The highest BCUT2D eigenvalue weighted by atomic mass is 16.3. The third-order valence-corrected chi connectivity index (χ3v) is 1.77. The first-order chi connectivity index (χ1) is 5.59. The summed E-state index contributed by atoms with van der Waals surface area (Å²) in [4.78, 5) is 0. The molecule has 0 spiro atoms. The van der Waals surface area contributed by atoms with Crippen molar-refractivity contribution in [2.24, 2.45) is 0 Å². The van der Waals surface area contributed by atoms with Crippen LogP contribution in [0.4, 0.5) is 0 Å². The molecule has 0 fully saturated rings. The van der Waals surface area contributed by atoms with E-state index in [-0.39, 0.29) is 0 Å². The minimum Gasteiger partial charge on any atom is -0.465 e. The van der Waals surface area contributed by atoms with Crippen molar-refractivity contribution in [3.8, 4) is 0 Å². The van der Waals surface area contributed by atoms with E-state index in [1.807, 2.05) is 19.1 Å². The molecule has 1 unspecified atom stereocenters. The van der Waals surface area contributed by atoms with E-state index in [9.17, 15) is 0 Å². The minimum absolute atomic E-state index is 0.304. The predicted octanol–water partition coefficient (Wildman–Crippen LogP) is 2.65. The van der Waals surface area contributed by atoms with Crippen LogP contribution in [-0.4, -0.2) is 6.04 Å². The number of furan rings is 1. The summed E-state index contributed by atoms with van der Waals surface area (Å²) in [6.07, 6.45) is 0. The van der Waals surface area contributed by atoms with Gasteiger partial charge in [0.05, 0.1) is 6.04 Å². The predicted molar refractivity (Wildman–Crippen MR) is 50.1 cm³/mol. The summed E-state index contributed by atoms with van der Waals surface area (Å²) in [6, 6.07) is 4.81. The van der Waals surface area contributed by atoms with Crippen LogP contribution in [0.15, 0.2) is 16.5 Å². The third-order valence-electron chi connectivity index (χ3n) is 1.77. The lowest BCUT2D eigenvalue weighted by atomic mass is 10.2. The minimum atomic E-state index is 0.304. The summed E-state index contributed by atoms with van der Waals surface area (Å²) in [5, 5.41) is 3.38. The van der Waals surface area contributed by atoms with E-state index in [0.29, 0.717) is 12.1 Å². The summed E-state index contributed by atoms with van der Waals surface area (Å²) in [7, 11) is 0. The Kier molecular flexibility index (Phi) is 2.93. The van der Waals surface area contributed by atoms with E-state index in [2.05, 4.69) is 26.1 Å². The molecule has 0 bridgehead atoms. The van der Waals surface area contributed by atoms with Crippen molar-refractivity contribution in [1.29, 1.82) is 0 Å². The Hall–Kier alpha value is -0.760. The van der Waals surface area contributed by atoms with Crippen LogP contribution in [0.5, 0.6) is 0 Å². The molecule has 68 valence electrons. The van der Waals surface area contributed by atoms with Gasteiger partial charge in [0.15, 0.2) is 0 Å². The lowest BCUT2D eigenvalue weighted by molar-refractivity contribution is 0.397. The largest absolute Gasteiger partial charge is 0.465 e. The van der Waals surface area contributed by atoms with Crippen LogP contribution >= 0.6 is 0 Å². The van der Waals surface area contributed by atoms with Crippen LogP contribution < -0.4 is 5.32 Å². The second-order valence-corrected chi connectivity index (χ2v) is 3.49. The first-order valence-electron chi connectivity index (χ1n) is 4.42. The first-order valence-corrected chi connectivity index (χ1v) is 4.42. The van der Waals surface area contributed by atoms with Gasteiger partial charge in [-0.3, -0.25) is 0 Å². The highest BCUT2D eigenvalue weighted by Gasteiger charge is 2.09. The molecule has 0 aliphatic heterocycles. The number of nitrogens with one attached hydrogen (secondary N) is 1. The van der Waals surface area contributed by atoms with Crippen LogP contribution in [-0.2, 0) is 0 Å². The Bertz CT molecular complexity index is 240. The average molecular weight is 167 g/mol. The van der Waals surface area contributed by atoms with E-state index < -0.39 is 0 Å². The molecule has 0 aromatic carbocycles. The van der Waals surface area contributed by atoms with E-state index in [4.69, 9.17) is 4.42 Å². The molecule has 2 nitrogen and oxygen atoms in total. The van der Waals surface area contributed by atoms with Crippen molar-refractivity contribution < 1.29 is 4.42 Å². The average Bonchev–Trinajstić information content (AvgIpc) is 2.34. The molecule has 2 heteroatoms. The van der Waals surface area contributed by atoms with Gasteiger partial charge in [0.2, 0.25) is 0 Å². The molecule has 0 aliphatic rings. The quantitative estimate of drug-likeness (QED) is 0.748. The highest BCUT2D eigenvalue weighted by Crippen LogP contribution is 2.15. The van der Waals surface area contributed by atoms with Gasteiger partial charge in [-0.2, -0.15) is 0 Å². The van der Waals surface area contributed by atoms with Gasteiger partial charge in [0.1, 0.15) is 11.5 Å². The summed E-state index contributed by atoms with van der Waals surface area (Å²) < 4.78 is 5.48. The monoisotopic (exact) mass is 167 g/mol. The second-order valence-electron chi connectivity index (χ2n) is 3.49. The van der Waals surface area contributed by atoms with E-state index in [1.165, 1.54) is 0 Å². The fourth-order valence-electron chi connectivity index (χ4n) is 1.27. The maximum absolute atomic E-state index is 5.48. The van der Waals surface area contributed by atoms with E-state index >= 15 is 0 Å². The summed E-state index contributed by atoms with van der Waals surface area (Å²) in [5.41, 5.74) is 0. The van der Waals surface area contributed by atoms with Crippen molar-refractivity contribution in [3.63, 3.8) is 0 Å². The Morgan fingerprint density at radius 2 is 1.92 bits per heavy atom. The van der Waals surface area contributed by atoms with Crippen LogP contribution in [0.1, 0.15) is 38.3 Å². The summed E-state index contributed by atoms with van der Waals surface area (Å²) in [5.74, 6) is 1.99. The molecule has 0 amide bonds. The molecule has 12 heavy (non-hydrogen) atoms. The fourth-order valence-corrected chi connectivity index (χ4v) is 1.27. The normalized spacial score (nSPS) is 13.8. The standard InChI is InChI=1S/C10H17NO/c1-7(2)11-9(4)10-6-5-8(3)12-10/h5-7,9,11H,1-4H3. The van der Waals surface area contributed by atoms with Gasteiger partial charge in [-0.25, -0.2) is 0 Å². The third kappa shape index (κ3) is 2.38. The van der Waals surface area contributed by atoms with E-state index in [0.717, 1.165) is 11.5 Å². The van der Waals surface area contributed by atoms with Crippen LogP contribution in [0.25, 0.3) is 0 Å². The lowest BCUT2D eigenvalue weighted by Gasteiger charge is -2.13. The maximum atomic E-state index is 5.48. The highest BCUT2D eigenvalue weighted by molar-refractivity contribution is 5.08. The molecule has 1 atom stereocenters. The van der Waals surface area contributed by atoms with Gasteiger partial charge < -0.3 is 9.73 Å². The van der Waals surface area contributed by atoms with Gasteiger partial charge in [-0.1, -0.05) is 13.8 Å². The molecule has 0 saturated carbocycles. The zero-order valence-corrected chi connectivity index (χ0v) is 8.22. The second kappa shape index (κ2) is 3.76. The molecule has 1 rings (SSSR count). The fraction of sp³-hybridized carbons (Fsp3) is 0.600. The molecular formula is C10H17NO. The molecule has 1 aromatic rings. The van der Waals surface area contributed by atoms with Crippen molar-refractivity contribution >= 4 is 0 Å². The van der Waals surface area contributed by atoms with Crippen molar-refractivity contribution in [2.45, 2.75) is 39.8 Å². The summed E-state index contributed by atoms with van der Waals surface area (Å²) in [6.45, 7) is 8.34. The maximum Gasteiger partial charge on any atom is 0.120 e. The number of aryl methyl sites for hydroxylation is 1. The van der Waals surface area contributed by atoms with Gasteiger partial charge in [0, 0.05) is 6.04 Å². The Labute approximate surface area is 74.0 Å². The van der Waals surface area contributed by atoms with Gasteiger partial charge in [-0.05, 0) is 26.0 Å². The SMILES string of the molecule is Cc1ccc(C(C)NC(C)C)o1. The van der Waals surface area contributed by atoms with Crippen molar-refractivity contribution in [1.82, 2.24) is 5.32 Å². The van der Waals surface area contributed by atoms with Crippen LogP contribution in [0.3, 0.4) is 0 Å². The molecule has 0 saturated heterocycles. The van der Waals surface area contributed by atoms with Gasteiger partial charge in [-0.15, -0.1) is 0 Å².